The van der Waals surface area contributed by atoms with Crippen LogP contribution in [0.5, 0.6) is 0 Å². The van der Waals surface area contributed by atoms with E-state index in [1.807, 2.05) is 56.0 Å². The molecule has 0 spiro atoms. The molecule has 0 saturated heterocycles. The fourth-order valence-corrected chi connectivity index (χ4v) is 2.84. The molecule has 27 heavy (non-hydrogen) atoms. The highest BCUT2D eigenvalue weighted by Crippen LogP contribution is 2.27. The number of nitrogens with one attached hydrogen (secondary N) is 2. The molecule has 0 fully saturated rings. The second-order valence-electron chi connectivity index (χ2n) is 7.53. The summed E-state index contributed by atoms with van der Waals surface area (Å²) in [6.07, 6.45) is 0. The lowest BCUT2D eigenvalue weighted by atomic mass is 9.97. The molecule has 2 aromatic rings. The molecule has 144 valence electrons. The van der Waals surface area contributed by atoms with E-state index in [1.165, 1.54) is 12.1 Å². The maximum Gasteiger partial charge on any atom is 0.321 e. The van der Waals surface area contributed by atoms with Gasteiger partial charge in [-0.15, -0.1) is 0 Å². The summed E-state index contributed by atoms with van der Waals surface area (Å²) >= 11 is 0. The average molecular weight is 371 g/mol. The zero-order valence-corrected chi connectivity index (χ0v) is 16.1. The minimum Gasteiger partial charge on any atom is -0.333 e. The summed E-state index contributed by atoms with van der Waals surface area (Å²) in [6, 6.07) is 15.1. The van der Waals surface area contributed by atoms with E-state index in [1.54, 1.807) is 19.2 Å². The second-order valence-corrected chi connectivity index (χ2v) is 7.53. The molecule has 0 bridgehead atoms. The molecule has 2 N–H and O–H groups in total. The second kappa shape index (κ2) is 8.77. The Morgan fingerprint density at radius 3 is 2.11 bits per heavy atom. The first-order chi connectivity index (χ1) is 12.7. The molecule has 0 aliphatic heterocycles. The van der Waals surface area contributed by atoms with Crippen molar-refractivity contribution in [3.05, 3.63) is 71.5 Å². The number of imide groups is 1. The summed E-state index contributed by atoms with van der Waals surface area (Å²) in [6.45, 7) is 5.52. The van der Waals surface area contributed by atoms with Gasteiger partial charge in [-0.1, -0.05) is 42.5 Å². The van der Waals surface area contributed by atoms with Gasteiger partial charge in [-0.3, -0.25) is 15.0 Å². The number of rotatable bonds is 5. The van der Waals surface area contributed by atoms with Crippen LogP contribution in [-0.2, 0) is 4.79 Å². The zero-order valence-electron chi connectivity index (χ0n) is 16.1. The van der Waals surface area contributed by atoms with Gasteiger partial charge in [0, 0.05) is 5.54 Å². The normalized spacial score (nSPS) is 12.5. The maximum absolute atomic E-state index is 13.3. The molecule has 5 nitrogen and oxygen atoms in total. The fraction of sp³-hybridized carbons (Fsp3) is 0.333. The summed E-state index contributed by atoms with van der Waals surface area (Å²) in [7, 11) is 1.79. The lowest BCUT2D eigenvalue weighted by Crippen LogP contribution is -2.50. The summed E-state index contributed by atoms with van der Waals surface area (Å²) in [4.78, 5) is 26.0. The minimum atomic E-state index is -0.529. The molecule has 0 heterocycles. The van der Waals surface area contributed by atoms with E-state index in [4.69, 9.17) is 0 Å². The highest BCUT2D eigenvalue weighted by atomic mass is 19.1. The highest BCUT2D eigenvalue weighted by Gasteiger charge is 2.23. The molecular formula is C21H26FN3O2. The Bertz CT molecular complexity index is 770. The van der Waals surface area contributed by atoms with Crippen molar-refractivity contribution in [2.45, 2.75) is 32.4 Å². The van der Waals surface area contributed by atoms with Gasteiger partial charge >= 0.3 is 6.03 Å². The van der Waals surface area contributed by atoms with Crippen molar-refractivity contribution in [3.8, 4) is 0 Å². The number of amides is 3. The molecule has 2 aromatic carbocycles. The molecular weight excluding hydrogens is 345 g/mol. The summed E-state index contributed by atoms with van der Waals surface area (Å²) in [5, 5.41) is 5.03. The largest absolute Gasteiger partial charge is 0.333 e. The van der Waals surface area contributed by atoms with Crippen molar-refractivity contribution in [2.75, 3.05) is 13.6 Å². The first kappa shape index (κ1) is 20.6. The van der Waals surface area contributed by atoms with E-state index in [2.05, 4.69) is 10.6 Å². The molecule has 0 saturated carbocycles. The molecule has 1 atom stereocenters. The van der Waals surface area contributed by atoms with Gasteiger partial charge in [0.05, 0.1) is 12.6 Å². The predicted molar refractivity (Wildman–Crippen MR) is 104 cm³/mol. The smallest absolute Gasteiger partial charge is 0.321 e. The fourth-order valence-electron chi connectivity index (χ4n) is 2.84. The van der Waals surface area contributed by atoms with Crippen LogP contribution in [-0.4, -0.2) is 36.0 Å². The Labute approximate surface area is 159 Å². The van der Waals surface area contributed by atoms with E-state index < -0.39 is 17.5 Å². The number of benzene rings is 2. The Morgan fingerprint density at radius 1 is 1.00 bits per heavy atom. The molecule has 0 aliphatic carbocycles. The Kier molecular flexibility index (Phi) is 6.69. The van der Waals surface area contributed by atoms with Crippen LogP contribution in [0.15, 0.2) is 54.6 Å². The van der Waals surface area contributed by atoms with Crippen LogP contribution in [0.4, 0.5) is 9.18 Å². The highest BCUT2D eigenvalue weighted by molar-refractivity contribution is 5.95. The molecule has 6 heteroatoms. The number of carbonyl (C=O) groups excluding carboxylic acids is 2. The molecule has 2 rings (SSSR count). The first-order valence-corrected chi connectivity index (χ1v) is 8.78. The molecule has 0 radical (unpaired) electrons. The van der Waals surface area contributed by atoms with Crippen LogP contribution in [0.25, 0.3) is 0 Å². The molecule has 3 amide bonds. The van der Waals surface area contributed by atoms with Gasteiger partial charge in [0.2, 0.25) is 5.91 Å². The van der Waals surface area contributed by atoms with Gasteiger partial charge in [0.25, 0.3) is 0 Å². The van der Waals surface area contributed by atoms with E-state index in [9.17, 15) is 14.0 Å². The van der Waals surface area contributed by atoms with E-state index in [-0.39, 0.29) is 18.4 Å². The third kappa shape index (κ3) is 6.49. The van der Waals surface area contributed by atoms with E-state index >= 15 is 0 Å². The van der Waals surface area contributed by atoms with Crippen LogP contribution >= 0.6 is 0 Å². The van der Waals surface area contributed by atoms with Crippen LogP contribution < -0.4 is 10.6 Å². The lowest BCUT2D eigenvalue weighted by molar-refractivity contribution is -0.121. The van der Waals surface area contributed by atoms with Crippen molar-refractivity contribution in [2.24, 2.45) is 0 Å². The number of hydrogen-bond donors (Lipinski definition) is 2. The monoisotopic (exact) mass is 371 g/mol. The Hall–Kier alpha value is -2.73. The summed E-state index contributed by atoms with van der Waals surface area (Å²) in [5.41, 5.74) is 1.40. The quantitative estimate of drug-likeness (QED) is 0.846. The number of nitrogens with zero attached hydrogens (tertiary/aromatic N) is 1. The standard InChI is InChI=1S/C21H26FN3O2/c1-21(2,3)24-20(27)23-18(26)14-25(4)19(15-8-6-5-7-9-15)16-10-12-17(22)13-11-16/h5-13,19H,14H2,1-4H3,(H2,23,24,26,27). The molecule has 0 aromatic heterocycles. The summed E-state index contributed by atoms with van der Waals surface area (Å²) in [5.74, 6) is -0.730. The number of halogens is 1. The number of carbonyl (C=O) groups is 2. The topological polar surface area (TPSA) is 61.4 Å². The van der Waals surface area contributed by atoms with Gasteiger partial charge < -0.3 is 5.32 Å². The van der Waals surface area contributed by atoms with Crippen LogP contribution in [0.3, 0.4) is 0 Å². The molecule has 0 aliphatic rings. The third-order valence-electron chi connectivity index (χ3n) is 3.88. The lowest BCUT2D eigenvalue weighted by Gasteiger charge is -2.28. The zero-order chi connectivity index (χ0) is 20.0. The van der Waals surface area contributed by atoms with Crippen molar-refractivity contribution in [1.82, 2.24) is 15.5 Å². The van der Waals surface area contributed by atoms with Gasteiger partial charge in [-0.2, -0.15) is 0 Å². The predicted octanol–water partition coefficient (Wildman–Crippen LogP) is 3.47. The van der Waals surface area contributed by atoms with Gasteiger partial charge in [-0.05, 0) is 51.1 Å². The van der Waals surface area contributed by atoms with E-state index in [0.29, 0.717) is 0 Å². The van der Waals surface area contributed by atoms with Crippen molar-refractivity contribution < 1.29 is 14.0 Å². The van der Waals surface area contributed by atoms with Crippen molar-refractivity contribution >= 4 is 11.9 Å². The number of urea groups is 1. The summed E-state index contributed by atoms with van der Waals surface area (Å²) < 4.78 is 13.3. The SMILES string of the molecule is CN(CC(=O)NC(=O)NC(C)(C)C)C(c1ccccc1)c1ccc(F)cc1. The van der Waals surface area contributed by atoms with Crippen molar-refractivity contribution in [3.63, 3.8) is 0 Å². The third-order valence-corrected chi connectivity index (χ3v) is 3.88. The van der Waals surface area contributed by atoms with E-state index in [0.717, 1.165) is 11.1 Å². The maximum atomic E-state index is 13.3. The number of hydrogen-bond acceptors (Lipinski definition) is 3. The Balaban J connectivity index is 2.14. The van der Waals surface area contributed by atoms with Crippen LogP contribution in [0.2, 0.25) is 0 Å². The minimum absolute atomic E-state index is 0.00843. The average Bonchev–Trinajstić information content (AvgIpc) is 2.55. The first-order valence-electron chi connectivity index (χ1n) is 8.78. The van der Waals surface area contributed by atoms with Gasteiger partial charge in [-0.25, -0.2) is 9.18 Å². The van der Waals surface area contributed by atoms with Gasteiger partial charge in [0.15, 0.2) is 0 Å². The Morgan fingerprint density at radius 2 is 1.56 bits per heavy atom. The van der Waals surface area contributed by atoms with Gasteiger partial charge in [0.1, 0.15) is 5.82 Å². The van der Waals surface area contributed by atoms with Crippen molar-refractivity contribution in [1.29, 1.82) is 0 Å². The van der Waals surface area contributed by atoms with Crippen LogP contribution in [0, 0.1) is 5.82 Å². The number of likely N-dealkylation sites (N-methyl/N-ethyl adjacent to an activating group) is 1. The van der Waals surface area contributed by atoms with Crippen LogP contribution in [0.1, 0.15) is 37.9 Å². The molecule has 1 unspecified atom stereocenters.